The van der Waals surface area contributed by atoms with Crippen molar-refractivity contribution in [2.75, 3.05) is 20.3 Å². The van der Waals surface area contributed by atoms with E-state index in [1.54, 1.807) is 19.2 Å². The number of carbonyl (C=O) groups is 2. The van der Waals surface area contributed by atoms with Gasteiger partial charge in [-0.05, 0) is 35.2 Å². The molecule has 1 heterocycles. The van der Waals surface area contributed by atoms with Gasteiger partial charge >= 0.3 is 0 Å². The van der Waals surface area contributed by atoms with Crippen LogP contribution in [0.15, 0.2) is 84.4 Å². The third-order valence-electron chi connectivity index (χ3n) is 6.13. The van der Waals surface area contributed by atoms with Gasteiger partial charge < -0.3 is 19.5 Å². The molecule has 1 unspecified atom stereocenters. The summed E-state index contributed by atoms with van der Waals surface area (Å²) in [7, 11) is 1.54. The molecule has 1 saturated heterocycles. The molecule has 3 aromatic rings. The fourth-order valence-electron chi connectivity index (χ4n) is 4.22. The SMILES string of the molecule is CCc1ccc(/C(O)=C2/C(=O)C(=O)N(CCOC)C2c2cccc(OCc3ccccc3)c2)cc1. The highest BCUT2D eigenvalue weighted by molar-refractivity contribution is 6.46. The zero-order valence-electron chi connectivity index (χ0n) is 19.9. The maximum atomic E-state index is 13.1. The summed E-state index contributed by atoms with van der Waals surface area (Å²) in [5, 5.41) is 11.2. The lowest BCUT2D eigenvalue weighted by atomic mass is 9.94. The van der Waals surface area contributed by atoms with Crippen LogP contribution in [0.4, 0.5) is 0 Å². The normalized spacial score (nSPS) is 17.1. The quantitative estimate of drug-likeness (QED) is 0.273. The first-order valence-electron chi connectivity index (χ1n) is 11.7. The van der Waals surface area contributed by atoms with Gasteiger partial charge in [-0.25, -0.2) is 0 Å². The van der Waals surface area contributed by atoms with E-state index < -0.39 is 17.7 Å². The number of amides is 1. The molecule has 1 N–H and O–H groups in total. The van der Waals surface area contributed by atoms with Crippen molar-refractivity contribution < 1.29 is 24.2 Å². The molecule has 0 aliphatic carbocycles. The van der Waals surface area contributed by atoms with E-state index in [2.05, 4.69) is 0 Å². The predicted octanol–water partition coefficient (Wildman–Crippen LogP) is 4.90. The summed E-state index contributed by atoms with van der Waals surface area (Å²) in [6.07, 6.45) is 0.859. The summed E-state index contributed by atoms with van der Waals surface area (Å²) >= 11 is 0. The van der Waals surface area contributed by atoms with E-state index >= 15 is 0 Å². The lowest BCUT2D eigenvalue weighted by molar-refractivity contribution is -0.140. The standard InChI is InChI=1S/C29H29NO5/c1-3-20-12-14-22(15-13-20)27(31)25-26(30(16-17-34-2)29(33)28(25)32)23-10-7-11-24(18-23)35-19-21-8-5-4-6-9-21/h4-15,18,26,31H,3,16-17,19H2,1-2H3/b27-25-. The van der Waals surface area contributed by atoms with E-state index in [9.17, 15) is 14.7 Å². The summed E-state index contributed by atoms with van der Waals surface area (Å²) in [5.41, 5.74) is 3.38. The monoisotopic (exact) mass is 471 g/mol. The van der Waals surface area contributed by atoms with Gasteiger partial charge in [-0.1, -0.05) is 73.7 Å². The van der Waals surface area contributed by atoms with Gasteiger partial charge in [0.2, 0.25) is 0 Å². The van der Waals surface area contributed by atoms with E-state index in [1.807, 2.05) is 73.7 Å². The minimum atomic E-state index is -0.753. The molecule has 1 amide bonds. The second-order valence-corrected chi connectivity index (χ2v) is 8.38. The molecular weight excluding hydrogens is 442 g/mol. The van der Waals surface area contributed by atoms with Crippen LogP contribution in [0.1, 0.15) is 35.2 Å². The number of likely N-dealkylation sites (tertiary alicyclic amines) is 1. The molecule has 0 radical (unpaired) electrons. The lowest BCUT2D eigenvalue weighted by Gasteiger charge is -2.25. The minimum absolute atomic E-state index is 0.0653. The van der Waals surface area contributed by atoms with Gasteiger partial charge in [0.05, 0.1) is 18.2 Å². The zero-order chi connectivity index (χ0) is 24.8. The number of ketones is 1. The van der Waals surface area contributed by atoms with E-state index in [-0.39, 0.29) is 24.5 Å². The number of rotatable bonds is 9. The molecule has 4 rings (SSSR count). The van der Waals surface area contributed by atoms with Gasteiger partial charge in [0, 0.05) is 19.2 Å². The van der Waals surface area contributed by atoms with Crippen LogP contribution in [0.5, 0.6) is 5.75 Å². The third-order valence-corrected chi connectivity index (χ3v) is 6.13. The van der Waals surface area contributed by atoms with Crippen molar-refractivity contribution >= 4 is 17.4 Å². The van der Waals surface area contributed by atoms with Crippen LogP contribution in [-0.4, -0.2) is 42.0 Å². The van der Waals surface area contributed by atoms with Gasteiger partial charge in [-0.2, -0.15) is 0 Å². The Morgan fingerprint density at radius 3 is 2.37 bits per heavy atom. The second-order valence-electron chi connectivity index (χ2n) is 8.38. The predicted molar refractivity (Wildman–Crippen MR) is 134 cm³/mol. The van der Waals surface area contributed by atoms with Gasteiger partial charge in [-0.15, -0.1) is 0 Å². The first-order valence-corrected chi connectivity index (χ1v) is 11.7. The maximum Gasteiger partial charge on any atom is 0.295 e. The molecule has 35 heavy (non-hydrogen) atoms. The number of nitrogens with zero attached hydrogens (tertiary/aromatic N) is 1. The first-order chi connectivity index (χ1) is 17.0. The molecule has 180 valence electrons. The fraction of sp³-hybridized carbons (Fsp3) is 0.241. The largest absolute Gasteiger partial charge is 0.507 e. The number of benzene rings is 3. The van der Waals surface area contributed by atoms with Crippen LogP contribution in [-0.2, 0) is 27.4 Å². The number of hydrogen-bond acceptors (Lipinski definition) is 5. The summed E-state index contributed by atoms with van der Waals surface area (Å²) in [6.45, 7) is 2.91. The van der Waals surface area contributed by atoms with Crippen LogP contribution in [0.3, 0.4) is 0 Å². The zero-order valence-corrected chi connectivity index (χ0v) is 19.9. The fourth-order valence-corrected chi connectivity index (χ4v) is 4.22. The first kappa shape index (κ1) is 24.2. The van der Waals surface area contributed by atoms with Gasteiger partial charge in [0.15, 0.2) is 0 Å². The average molecular weight is 472 g/mol. The van der Waals surface area contributed by atoms with Crippen molar-refractivity contribution in [2.45, 2.75) is 26.0 Å². The summed E-state index contributed by atoms with van der Waals surface area (Å²) in [5.74, 6) is -0.948. The number of methoxy groups -OCH3 is 1. The Balaban J connectivity index is 1.72. The van der Waals surface area contributed by atoms with E-state index in [4.69, 9.17) is 9.47 Å². The Kier molecular flexibility index (Phi) is 7.63. The number of carbonyl (C=O) groups excluding carboxylic acids is 2. The van der Waals surface area contributed by atoms with E-state index in [0.29, 0.717) is 23.5 Å². The minimum Gasteiger partial charge on any atom is -0.507 e. The Morgan fingerprint density at radius 2 is 1.69 bits per heavy atom. The molecule has 0 aromatic heterocycles. The molecule has 0 saturated carbocycles. The van der Waals surface area contributed by atoms with Crippen molar-refractivity contribution in [3.05, 3.63) is 107 Å². The van der Waals surface area contributed by atoms with E-state index in [0.717, 1.165) is 17.5 Å². The van der Waals surface area contributed by atoms with Crippen molar-refractivity contribution in [1.82, 2.24) is 4.90 Å². The number of aryl methyl sites for hydroxylation is 1. The molecule has 6 nitrogen and oxygen atoms in total. The number of aliphatic hydroxyl groups is 1. The highest BCUT2D eigenvalue weighted by atomic mass is 16.5. The smallest absolute Gasteiger partial charge is 0.295 e. The van der Waals surface area contributed by atoms with E-state index in [1.165, 1.54) is 4.90 Å². The van der Waals surface area contributed by atoms with Crippen molar-refractivity contribution in [2.24, 2.45) is 0 Å². The number of hydrogen-bond donors (Lipinski definition) is 1. The van der Waals surface area contributed by atoms with Crippen LogP contribution in [0, 0.1) is 0 Å². The van der Waals surface area contributed by atoms with Gasteiger partial charge in [0.1, 0.15) is 18.1 Å². The molecule has 0 spiro atoms. The number of ether oxygens (including phenoxy) is 2. The number of aliphatic hydroxyl groups excluding tert-OH is 1. The Bertz CT molecular complexity index is 1220. The average Bonchev–Trinajstić information content (AvgIpc) is 3.16. The van der Waals surface area contributed by atoms with Gasteiger partial charge in [-0.3, -0.25) is 9.59 Å². The Morgan fingerprint density at radius 1 is 0.943 bits per heavy atom. The maximum absolute atomic E-state index is 13.1. The highest BCUT2D eigenvalue weighted by Crippen LogP contribution is 2.40. The molecule has 0 bridgehead atoms. The topological polar surface area (TPSA) is 76.1 Å². The summed E-state index contributed by atoms with van der Waals surface area (Å²) < 4.78 is 11.2. The van der Waals surface area contributed by atoms with Crippen LogP contribution < -0.4 is 4.74 Å². The second kappa shape index (κ2) is 11.0. The molecular formula is C29H29NO5. The molecule has 1 atom stereocenters. The van der Waals surface area contributed by atoms with Crippen LogP contribution >= 0.6 is 0 Å². The molecule has 1 aliphatic rings. The molecule has 3 aromatic carbocycles. The molecule has 1 fully saturated rings. The highest BCUT2D eigenvalue weighted by Gasteiger charge is 2.46. The Labute approximate surface area is 205 Å². The van der Waals surface area contributed by atoms with Crippen molar-refractivity contribution in [3.63, 3.8) is 0 Å². The van der Waals surface area contributed by atoms with Gasteiger partial charge in [0.25, 0.3) is 11.7 Å². The third kappa shape index (κ3) is 5.28. The van der Waals surface area contributed by atoms with Crippen LogP contribution in [0.2, 0.25) is 0 Å². The molecule has 6 heteroatoms. The van der Waals surface area contributed by atoms with Crippen LogP contribution in [0.25, 0.3) is 5.76 Å². The number of Topliss-reactive ketones (excluding diaryl/α,β-unsaturated/α-hetero) is 1. The summed E-state index contributed by atoms with van der Waals surface area (Å²) in [4.78, 5) is 27.5. The lowest BCUT2D eigenvalue weighted by Crippen LogP contribution is -2.32. The Hall–Kier alpha value is -3.90. The van der Waals surface area contributed by atoms with Crippen molar-refractivity contribution in [3.8, 4) is 5.75 Å². The molecule has 1 aliphatic heterocycles. The summed E-state index contributed by atoms with van der Waals surface area (Å²) in [6, 6.07) is 23.7. The van der Waals surface area contributed by atoms with Crippen molar-refractivity contribution in [1.29, 1.82) is 0 Å².